The molecule has 0 spiro atoms. The van der Waals surface area contributed by atoms with E-state index < -0.39 is 21.7 Å². The molecule has 1 aromatic carbocycles. The Morgan fingerprint density at radius 1 is 1.22 bits per heavy atom. The molecular weight excluding hydrogens is 372 g/mol. The Bertz CT molecular complexity index is 1110. The lowest BCUT2D eigenvalue weighted by Crippen LogP contribution is -2.17. The molecule has 1 atom stereocenters. The van der Waals surface area contributed by atoms with Crippen LogP contribution in [0.15, 0.2) is 53.7 Å². The van der Waals surface area contributed by atoms with Crippen LogP contribution in [0.1, 0.15) is 23.7 Å². The van der Waals surface area contributed by atoms with Gasteiger partial charge in [0.15, 0.2) is 0 Å². The largest absolute Gasteiger partial charge is 0.313 e. The monoisotopic (exact) mass is 389 g/mol. The Morgan fingerprint density at radius 2 is 2.04 bits per heavy atom. The Morgan fingerprint density at radius 3 is 2.70 bits per heavy atom. The van der Waals surface area contributed by atoms with Crippen LogP contribution in [0, 0.1) is 11.6 Å². The number of nitrogens with zero attached hydrogens (tertiary/aromatic N) is 2. The first-order chi connectivity index (χ1) is 12.9. The van der Waals surface area contributed by atoms with Gasteiger partial charge in [0.2, 0.25) is 0 Å². The molecule has 0 aliphatic heterocycles. The smallest absolute Gasteiger partial charge is 0.269 e. The summed E-state index contributed by atoms with van der Waals surface area (Å²) < 4.78 is 55.7. The lowest BCUT2D eigenvalue weighted by atomic mass is 10.1. The van der Waals surface area contributed by atoms with Gasteiger partial charge in [-0.1, -0.05) is 0 Å². The van der Waals surface area contributed by atoms with Gasteiger partial charge >= 0.3 is 0 Å². The van der Waals surface area contributed by atoms with Crippen molar-refractivity contribution in [3.63, 3.8) is 0 Å². The maximum Gasteiger partial charge on any atom is 0.269 e. The van der Waals surface area contributed by atoms with Gasteiger partial charge < -0.3 is 5.32 Å². The number of hydrogen-bond donors (Lipinski definition) is 1. The molecule has 2 heterocycles. The molecule has 8 heteroatoms. The van der Waals surface area contributed by atoms with E-state index in [1.54, 1.807) is 13.1 Å². The number of rotatable bonds is 4. The molecule has 0 saturated heterocycles. The standard InChI is InChI=1S/C19H17F2N3O2S/c1-22-17-6-7-18-15(17)10-19(14-5-4-12(20)9-16(14)21)24(18)27(25,26)13-3-2-8-23-11-13/h2-5,8-11,17,22H,6-7H2,1H3. The molecular formula is C19H17F2N3O2S. The molecule has 0 fully saturated rings. The fourth-order valence-corrected chi connectivity index (χ4v) is 5.15. The molecule has 5 nitrogen and oxygen atoms in total. The molecule has 2 aromatic heterocycles. The quantitative estimate of drug-likeness (QED) is 0.744. The van der Waals surface area contributed by atoms with E-state index >= 15 is 0 Å². The molecule has 1 unspecified atom stereocenters. The minimum atomic E-state index is -3.99. The van der Waals surface area contributed by atoms with Crippen LogP contribution in [0.2, 0.25) is 0 Å². The van der Waals surface area contributed by atoms with Crippen LogP contribution in [-0.2, 0) is 16.4 Å². The molecule has 4 rings (SSSR count). The maximum absolute atomic E-state index is 14.5. The number of nitrogens with one attached hydrogen (secondary N) is 1. The Kier molecular flexibility index (Phi) is 4.32. The highest BCUT2D eigenvalue weighted by atomic mass is 32.2. The average Bonchev–Trinajstić information content (AvgIpc) is 3.21. The predicted octanol–water partition coefficient (Wildman–Crippen LogP) is 3.27. The Balaban J connectivity index is 2.01. The zero-order valence-electron chi connectivity index (χ0n) is 14.5. The maximum atomic E-state index is 14.5. The Labute approximate surface area is 155 Å². The lowest BCUT2D eigenvalue weighted by Gasteiger charge is -2.14. The van der Waals surface area contributed by atoms with Crippen molar-refractivity contribution < 1.29 is 17.2 Å². The molecule has 1 N–H and O–H groups in total. The number of aromatic nitrogens is 2. The fraction of sp³-hybridized carbons (Fsp3) is 0.211. The summed E-state index contributed by atoms with van der Waals surface area (Å²) >= 11 is 0. The van der Waals surface area contributed by atoms with Crippen LogP contribution < -0.4 is 5.32 Å². The number of benzene rings is 1. The third kappa shape index (κ3) is 2.85. The van der Waals surface area contributed by atoms with Gasteiger partial charge in [0.05, 0.1) is 5.69 Å². The second kappa shape index (κ2) is 6.54. The van der Waals surface area contributed by atoms with Crippen LogP contribution in [0.3, 0.4) is 0 Å². The van der Waals surface area contributed by atoms with E-state index in [0.29, 0.717) is 12.1 Å². The zero-order chi connectivity index (χ0) is 19.2. The van der Waals surface area contributed by atoms with Gasteiger partial charge in [-0.05, 0) is 55.8 Å². The fourth-order valence-electron chi connectivity index (χ4n) is 3.60. The summed E-state index contributed by atoms with van der Waals surface area (Å²) in [6.07, 6.45) is 4.02. The van der Waals surface area contributed by atoms with Crippen molar-refractivity contribution in [3.8, 4) is 11.3 Å². The highest BCUT2D eigenvalue weighted by Crippen LogP contribution is 2.40. The lowest BCUT2D eigenvalue weighted by molar-refractivity contribution is 0.578. The van der Waals surface area contributed by atoms with Crippen molar-refractivity contribution in [2.24, 2.45) is 0 Å². The van der Waals surface area contributed by atoms with E-state index in [-0.39, 0.29) is 22.2 Å². The molecule has 1 aliphatic rings. The molecule has 1 aliphatic carbocycles. The topological polar surface area (TPSA) is 64.0 Å². The van der Waals surface area contributed by atoms with Gasteiger partial charge in [0.25, 0.3) is 10.0 Å². The summed E-state index contributed by atoms with van der Waals surface area (Å²) in [5.41, 5.74) is 1.63. The van der Waals surface area contributed by atoms with Crippen LogP contribution >= 0.6 is 0 Å². The molecule has 27 heavy (non-hydrogen) atoms. The van der Waals surface area contributed by atoms with Gasteiger partial charge in [-0.2, -0.15) is 0 Å². The molecule has 0 bridgehead atoms. The van der Waals surface area contributed by atoms with E-state index in [4.69, 9.17) is 0 Å². The van der Waals surface area contributed by atoms with E-state index in [1.807, 2.05) is 0 Å². The summed E-state index contributed by atoms with van der Waals surface area (Å²) in [6, 6.07) is 7.77. The van der Waals surface area contributed by atoms with E-state index in [2.05, 4.69) is 10.3 Å². The molecule has 0 amide bonds. The number of halogens is 2. The normalized spacial score (nSPS) is 16.5. The molecule has 0 saturated carbocycles. The van der Waals surface area contributed by atoms with E-state index in [9.17, 15) is 17.2 Å². The third-order valence-corrected chi connectivity index (χ3v) is 6.60. The summed E-state index contributed by atoms with van der Waals surface area (Å²) in [7, 11) is -2.20. The van der Waals surface area contributed by atoms with E-state index in [0.717, 1.165) is 24.1 Å². The van der Waals surface area contributed by atoms with Crippen LogP contribution in [-0.4, -0.2) is 24.4 Å². The van der Waals surface area contributed by atoms with Gasteiger partial charge in [-0.3, -0.25) is 4.98 Å². The van der Waals surface area contributed by atoms with Crippen molar-refractivity contribution >= 4 is 10.0 Å². The average molecular weight is 389 g/mol. The van der Waals surface area contributed by atoms with Crippen molar-refractivity contribution in [1.82, 2.24) is 14.3 Å². The summed E-state index contributed by atoms with van der Waals surface area (Å²) in [5.74, 6) is -1.53. The van der Waals surface area contributed by atoms with Crippen molar-refractivity contribution in [2.45, 2.75) is 23.8 Å². The van der Waals surface area contributed by atoms with E-state index in [1.165, 1.54) is 34.6 Å². The van der Waals surface area contributed by atoms with Crippen LogP contribution in [0.25, 0.3) is 11.3 Å². The molecule has 3 aromatic rings. The number of fused-ring (bicyclic) bond motifs is 1. The van der Waals surface area contributed by atoms with Gasteiger partial charge in [-0.25, -0.2) is 21.2 Å². The van der Waals surface area contributed by atoms with Gasteiger partial charge in [0, 0.05) is 35.8 Å². The minimum Gasteiger partial charge on any atom is -0.313 e. The first-order valence-corrected chi connectivity index (χ1v) is 9.90. The van der Waals surface area contributed by atoms with Crippen molar-refractivity contribution in [2.75, 3.05) is 7.05 Å². The summed E-state index contributed by atoms with van der Waals surface area (Å²) in [4.78, 5) is 3.90. The zero-order valence-corrected chi connectivity index (χ0v) is 15.3. The predicted molar refractivity (Wildman–Crippen MR) is 96.7 cm³/mol. The minimum absolute atomic E-state index is 0.0140. The highest BCUT2D eigenvalue weighted by molar-refractivity contribution is 7.90. The summed E-state index contributed by atoms with van der Waals surface area (Å²) in [6.45, 7) is 0. The van der Waals surface area contributed by atoms with Crippen LogP contribution in [0.5, 0.6) is 0 Å². The highest BCUT2D eigenvalue weighted by Gasteiger charge is 2.33. The third-order valence-electron chi connectivity index (χ3n) is 4.86. The SMILES string of the molecule is CNC1CCc2c1cc(-c1ccc(F)cc1F)n2S(=O)(=O)c1cccnc1. The van der Waals surface area contributed by atoms with Crippen molar-refractivity contribution in [3.05, 3.63) is 71.7 Å². The molecule has 0 radical (unpaired) electrons. The van der Waals surface area contributed by atoms with Gasteiger partial charge in [-0.15, -0.1) is 0 Å². The van der Waals surface area contributed by atoms with Crippen LogP contribution in [0.4, 0.5) is 8.78 Å². The Hall–Kier alpha value is -2.58. The number of hydrogen-bond acceptors (Lipinski definition) is 4. The summed E-state index contributed by atoms with van der Waals surface area (Å²) in [5, 5.41) is 3.15. The second-order valence-corrected chi connectivity index (χ2v) is 8.18. The van der Waals surface area contributed by atoms with Crippen molar-refractivity contribution in [1.29, 1.82) is 0 Å². The first kappa shape index (κ1) is 17.8. The first-order valence-electron chi connectivity index (χ1n) is 8.46. The van der Waals surface area contributed by atoms with Gasteiger partial charge in [0.1, 0.15) is 16.5 Å². The number of pyridine rings is 1. The second-order valence-electron chi connectivity index (χ2n) is 6.39. The molecule has 140 valence electrons.